The Hall–Kier alpha value is -2.57. The molecule has 7 heteroatoms. The molecule has 1 N–H and O–H groups in total. The van der Waals surface area contributed by atoms with Crippen molar-refractivity contribution in [2.75, 3.05) is 5.32 Å². The lowest BCUT2D eigenvalue weighted by Crippen LogP contribution is -2.22. The highest BCUT2D eigenvalue weighted by molar-refractivity contribution is 8.00. The van der Waals surface area contributed by atoms with E-state index >= 15 is 0 Å². The number of hydrogen-bond donors (Lipinski definition) is 1. The topological polar surface area (TPSA) is 59.3 Å². The number of aromatic nitrogens is 3. The molecule has 0 aliphatic rings. The third-order valence-electron chi connectivity index (χ3n) is 4.01. The average molecular weight is 383 g/mol. The van der Waals surface area contributed by atoms with Gasteiger partial charge >= 0.3 is 0 Å². The van der Waals surface area contributed by atoms with Gasteiger partial charge in [0.2, 0.25) is 5.91 Å². The van der Waals surface area contributed by atoms with Gasteiger partial charge in [-0.15, -0.1) is 10.2 Å². The summed E-state index contributed by atoms with van der Waals surface area (Å²) in [7, 11) is 0. The van der Waals surface area contributed by atoms with Gasteiger partial charge in [-0.1, -0.05) is 41.6 Å². The molecule has 2 aromatic heterocycles. The summed E-state index contributed by atoms with van der Waals surface area (Å²) in [6, 6.07) is 19.0. The number of anilines is 1. The van der Waals surface area contributed by atoms with Crippen LogP contribution in [-0.2, 0) is 4.79 Å². The van der Waals surface area contributed by atoms with Crippen LogP contribution in [0.15, 0.2) is 65.8 Å². The van der Waals surface area contributed by atoms with E-state index in [0.29, 0.717) is 15.9 Å². The average Bonchev–Trinajstić information content (AvgIpc) is 3.07. The van der Waals surface area contributed by atoms with Gasteiger partial charge in [0, 0.05) is 10.7 Å². The van der Waals surface area contributed by atoms with E-state index in [0.717, 1.165) is 16.6 Å². The van der Waals surface area contributed by atoms with Gasteiger partial charge in [-0.3, -0.25) is 9.20 Å². The van der Waals surface area contributed by atoms with Gasteiger partial charge in [0.1, 0.15) is 0 Å². The molecule has 0 spiro atoms. The van der Waals surface area contributed by atoms with E-state index in [4.69, 9.17) is 11.6 Å². The lowest BCUT2D eigenvalue weighted by molar-refractivity contribution is -0.115. The van der Waals surface area contributed by atoms with Crippen LogP contribution in [0.25, 0.3) is 16.6 Å². The Morgan fingerprint density at radius 2 is 1.85 bits per heavy atom. The first-order valence-corrected chi connectivity index (χ1v) is 9.33. The molecule has 4 aromatic rings. The van der Waals surface area contributed by atoms with E-state index in [1.165, 1.54) is 11.8 Å². The molecule has 0 aliphatic heterocycles. The highest BCUT2D eigenvalue weighted by Crippen LogP contribution is 2.26. The number of rotatable bonds is 4. The first-order valence-electron chi connectivity index (χ1n) is 8.08. The summed E-state index contributed by atoms with van der Waals surface area (Å²) < 4.78 is 1.98. The number of nitrogens with zero attached hydrogens (tertiary/aromatic N) is 3. The van der Waals surface area contributed by atoms with E-state index in [2.05, 4.69) is 15.5 Å². The largest absolute Gasteiger partial charge is 0.325 e. The number of halogens is 1. The number of carbonyl (C=O) groups is 1. The number of benzene rings is 2. The maximum absolute atomic E-state index is 12.5. The van der Waals surface area contributed by atoms with Gasteiger partial charge < -0.3 is 5.32 Å². The van der Waals surface area contributed by atoms with Crippen LogP contribution < -0.4 is 5.32 Å². The Bertz CT molecular complexity index is 1090. The maximum Gasteiger partial charge on any atom is 0.237 e. The predicted octanol–water partition coefficient (Wildman–Crippen LogP) is 4.66. The van der Waals surface area contributed by atoms with E-state index in [9.17, 15) is 4.79 Å². The van der Waals surface area contributed by atoms with Gasteiger partial charge in [-0.05, 0) is 54.8 Å². The molecule has 2 aromatic carbocycles. The summed E-state index contributed by atoms with van der Waals surface area (Å²) >= 11 is 7.25. The minimum Gasteiger partial charge on any atom is -0.325 e. The summed E-state index contributed by atoms with van der Waals surface area (Å²) in [4.78, 5) is 12.5. The fraction of sp³-hybridized carbons (Fsp3) is 0.105. The van der Waals surface area contributed by atoms with Crippen molar-refractivity contribution < 1.29 is 4.79 Å². The Kier molecular flexibility index (Phi) is 4.53. The third-order valence-corrected chi connectivity index (χ3v) is 5.31. The molecule has 0 bridgehead atoms. The van der Waals surface area contributed by atoms with Crippen LogP contribution in [0.3, 0.4) is 0 Å². The van der Waals surface area contributed by atoms with Crippen LogP contribution in [0.4, 0.5) is 5.69 Å². The van der Waals surface area contributed by atoms with E-state index < -0.39 is 0 Å². The molecule has 1 amide bonds. The van der Waals surface area contributed by atoms with Crippen LogP contribution in [0, 0.1) is 0 Å². The number of nitrogens with one attached hydrogen (secondary N) is 1. The van der Waals surface area contributed by atoms with E-state index in [1.54, 1.807) is 24.3 Å². The first kappa shape index (κ1) is 16.9. The van der Waals surface area contributed by atoms with Crippen molar-refractivity contribution >= 4 is 51.5 Å². The van der Waals surface area contributed by atoms with Gasteiger partial charge in [0.05, 0.1) is 10.8 Å². The van der Waals surface area contributed by atoms with Crippen molar-refractivity contribution in [2.24, 2.45) is 0 Å². The highest BCUT2D eigenvalue weighted by atomic mass is 35.5. The summed E-state index contributed by atoms with van der Waals surface area (Å²) in [6.45, 7) is 1.85. The van der Waals surface area contributed by atoms with Gasteiger partial charge in [-0.2, -0.15) is 0 Å². The molecule has 4 rings (SSSR count). The number of fused-ring (bicyclic) bond motifs is 3. The second-order valence-electron chi connectivity index (χ2n) is 5.82. The number of hydrogen-bond acceptors (Lipinski definition) is 4. The molecule has 130 valence electrons. The summed E-state index contributed by atoms with van der Waals surface area (Å²) in [6.07, 6.45) is 0. The lowest BCUT2D eigenvalue weighted by atomic mass is 10.2. The van der Waals surface area contributed by atoms with Crippen LogP contribution in [0.5, 0.6) is 0 Å². The molecule has 0 fully saturated rings. The van der Waals surface area contributed by atoms with Crippen molar-refractivity contribution in [3.8, 4) is 0 Å². The quantitative estimate of drug-likeness (QED) is 0.522. The Balaban J connectivity index is 1.59. The van der Waals surface area contributed by atoms with Gasteiger partial charge in [0.25, 0.3) is 0 Å². The standard InChI is InChI=1S/C19H15ClN4OS/c1-12(18(25)21-15-9-7-14(20)8-10-15)26-19-23-22-17-11-6-13-4-2-3-5-16(13)24(17)19/h2-12H,1H3,(H,21,25)/t12-/m1/s1. The molecule has 0 saturated carbocycles. The molecule has 0 saturated heterocycles. The molecular formula is C19H15ClN4OS. The number of carbonyl (C=O) groups excluding carboxylic acids is 1. The number of para-hydroxylation sites is 1. The Labute approximate surface area is 159 Å². The van der Waals surface area contributed by atoms with Crippen LogP contribution >= 0.6 is 23.4 Å². The third kappa shape index (κ3) is 3.25. The molecule has 1 atom stereocenters. The summed E-state index contributed by atoms with van der Waals surface area (Å²) in [5.74, 6) is -0.102. The van der Waals surface area contributed by atoms with Gasteiger partial charge in [-0.25, -0.2) is 0 Å². The minimum absolute atomic E-state index is 0.102. The number of thioether (sulfide) groups is 1. The van der Waals surface area contributed by atoms with Crippen molar-refractivity contribution in [2.45, 2.75) is 17.3 Å². The SMILES string of the molecule is C[C@@H](Sc1nnc2ccc3ccccc3n12)C(=O)Nc1ccc(Cl)cc1. The molecule has 0 aliphatic carbocycles. The molecule has 2 heterocycles. The van der Waals surface area contributed by atoms with Crippen LogP contribution in [0.1, 0.15) is 6.92 Å². The molecule has 0 radical (unpaired) electrons. The summed E-state index contributed by atoms with van der Waals surface area (Å²) in [5, 5.41) is 13.5. The smallest absolute Gasteiger partial charge is 0.237 e. The molecule has 26 heavy (non-hydrogen) atoms. The lowest BCUT2D eigenvalue weighted by Gasteiger charge is -2.11. The maximum atomic E-state index is 12.5. The highest BCUT2D eigenvalue weighted by Gasteiger charge is 2.19. The molecule has 5 nitrogen and oxygen atoms in total. The van der Waals surface area contributed by atoms with Gasteiger partial charge in [0.15, 0.2) is 10.8 Å². The van der Waals surface area contributed by atoms with Crippen LogP contribution in [-0.4, -0.2) is 25.8 Å². The van der Waals surface area contributed by atoms with Crippen molar-refractivity contribution in [3.05, 3.63) is 65.7 Å². The molecular weight excluding hydrogens is 368 g/mol. The zero-order valence-electron chi connectivity index (χ0n) is 13.9. The van der Waals surface area contributed by atoms with Crippen molar-refractivity contribution in [3.63, 3.8) is 0 Å². The van der Waals surface area contributed by atoms with Crippen LogP contribution in [0.2, 0.25) is 5.02 Å². The van der Waals surface area contributed by atoms with E-state index in [-0.39, 0.29) is 11.2 Å². The number of pyridine rings is 1. The second-order valence-corrected chi connectivity index (χ2v) is 7.57. The van der Waals surface area contributed by atoms with Crippen molar-refractivity contribution in [1.29, 1.82) is 0 Å². The first-order chi connectivity index (χ1) is 12.6. The summed E-state index contributed by atoms with van der Waals surface area (Å²) in [5.41, 5.74) is 2.49. The Morgan fingerprint density at radius 1 is 1.08 bits per heavy atom. The zero-order chi connectivity index (χ0) is 18.1. The monoisotopic (exact) mass is 382 g/mol. The molecule has 0 unspecified atom stereocenters. The second kappa shape index (κ2) is 6.97. The number of amides is 1. The minimum atomic E-state index is -0.336. The van der Waals surface area contributed by atoms with E-state index in [1.807, 2.05) is 47.7 Å². The normalized spacial score (nSPS) is 12.4. The van der Waals surface area contributed by atoms with Crippen molar-refractivity contribution in [1.82, 2.24) is 14.6 Å². The Morgan fingerprint density at radius 3 is 2.65 bits per heavy atom. The predicted molar refractivity (Wildman–Crippen MR) is 106 cm³/mol. The fourth-order valence-corrected chi connectivity index (χ4v) is 3.67. The fourth-order valence-electron chi connectivity index (χ4n) is 2.68. The zero-order valence-corrected chi connectivity index (χ0v) is 15.5.